The molecule has 0 saturated heterocycles. The Morgan fingerprint density at radius 3 is 2.68 bits per heavy atom. The lowest BCUT2D eigenvalue weighted by molar-refractivity contribution is -0.113. The van der Waals surface area contributed by atoms with Gasteiger partial charge in [-0.25, -0.2) is 4.79 Å². The van der Waals surface area contributed by atoms with Crippen LogP contribution in [0.1, 0.15) is 30.9 Å². The fraction of sp³-hybridized carbons (Fsp3) is 0.235. The van der Waals surface area contributed by atoms with E-state index in [0.717, 1.165) is 0 Å². The van der Waals surface area contributed by atoms with Crippen LogP contribution < -0.4 is 26.0 Å². The van der Waals surface area contributed by atoms with Crippen molar-refractivity contribution in [2.24, 2.45) is 0 Å². The normalized spacial score (nSPS) is 17.9. The minimum absolute atomic E-state index is 0.129. The SMILES string of the molecule is CC(=O)C1=C(C)Nc2[nH]c(=O)[nH]c(=O)c2C1c1ccc2c(c1)OCO2. The molecule has 0 radical (unpaired) electrons. The van der Waals surface area contributed by atoms with Gasteiger partial charge in [-0.1, -0.05) is 6.07 Å². The number of anilines is 1. The number of hydrogen-bond donors (Lipinski definition) is 3. The zero-order valence-electron chi connectivity index (χ0n) is 13.6. The second kappa shape index (κ2) is 5.37. The number of carbonyl (C=O) groups is 1. The Balaban J connectivity index is 1.99. The van der Waals surface area contributed by atoms with Crippen LogP contribution in [0.4, 0.5) is 5.82 Å². The Bertz CT molecular complexity index is 1050. The molecular weight excluding hydrogens is 326 g/mol. The summed E-state index contributed by atoms with van der Waals surface area (Å²) in [6.45, 7) is 3.31. The van der Waals surface area contributed by atoms with Crippen molar-refractivity contribution in [1.82, 2.24) is 9.97 Å². The number of rotatable bonds is 2. The number of nitrogens with one attached hydrogen (secondary N) is 3. The van der Waals surface area contributed by atoms with Crippen molar-refractivity contribution in [3.63, 3.8) is 0 Å². The Labute approximate surface area is 141 Å². The van der Waals surface area contributed by atoms with Gasteiger partial charge in [0.2, 0.25) is 6.79 Å². The molecule has 25 heavy (non-hydrogen) atoms. The molecule has 3 heterocycles. The number of aromatic nitrogens is 2. The monoisotopic (exact) mass is 341 g/mol. The molecule has 3 N–H and O–H groups in total. The predicted molar refractivity (Wildman–Crippen MR) is 89.1 cm³/mol. The Hall–Kier alpha value is -3.29. The molecule has 4 rings (SSSR count). The molecule has 0 spiro atoms. The van der Waals surface area contributed by atoms with Crippen molar-refractivity contribution in [3.8, 4) is 11.5 Å². The van der Waals surface area contributed by atoms with Gasteiger partial charge in [-0.05, 0) is 31.5 Å². The first-order valence-corrected chi connectivity index (χ1v) is 7.70. The summed E-state index contributed by atoms with van der Waals surface area (Å²) in [4.78, 5) is 41.2. The molecule has 0 saturated carbocycles. The highest BCUT2D eigenvalue weighted by atomic mass is 16.7. The number of fused-ring (bicyclic) bond motifs is 2. The molecule has 128 valence electrons. The number of ketones is 1. The molecule has 1 unspecified atom stereocenters. The van der Waals surface area contributed by atoms with Crippen LogP contribution in [0.2, 0.25) is 0 Å². The van der Waals surface area contributed by atoms with Gasteiger partial charge in [0, 0.05) is 17.2 Å². The molecule has 1 aromatic carbocycles. The maximum Gasteiger partial charge on any atom is 0.327 e. The molecule has 2 aromatic rings. The number of Topliss-reactive ketones (excluding diaryl/α,β-unsaturated/α-hetero) is 1. The third-order valence-corrected chi connectivity index (χ3v) is 4.38. The highest BCUT2D eigenvalue weighted by Crippen LogP contribution is 2.42. The zero-order valence-corrected chi connectivity index (χ0v) is 13.6. The van der Waals surface area contributed by atoms with Crippen molar-refractivity contribution >= 4 is 11.6 Å². The second-order valence-corrected chi connectivity index (χ2v) is 5.96. The first-order valence-electron chi connectivity index (χ1n) is 7.70. The summed E-state index contributed by atoms with van der Waals surface area (Å²) in [6.07, 6.45) is 0. The largest absolute Gasteiger partial charge is 0.454 e. The van der Waals surface area contributed by atoms with Crippen LogP contribution in [0.25, 0.3) is 0 Å². The number of hydrogen-bond acceptors (Lipinski definition) is 6. The van der Waals surface area contributed by atoms with Crippen LogP contribution in [0, 0.1) is 0 Å². The number of carbonyl (C=O) groups excluding carboxylic acids is 1. The Morgan fingerprint density at radius 2 is 1.92 bits per heavy atom. The van der Waals surface area contributed by atoms with Gasteiger partial charge in [0.1, 0.15) is 5.82 Å². The van der Waals surface area contributed by atoms with Gasteiger partial charge in [-0.15, -0.1) is 0 Å². The second-order valence-electron chi connectivity index (χ2n) is 5.96. The summed E-state index contributed by atoms with van der Waals surface area (Å²) in [5.41, 5.74) is 0.885. The van der Waals surface area contributed by atoms with Gasteiger partial charge in [0.15, 0.2) is 17.3 Å². The molecule has 1 atom stereocenters. The maximum absolute atomic E-state index is 12.5. The van der Waals surface area contributed by atoms with Gasteiger partial charge >= 0.3 is 5.69 Å². The molecule has 2 aliphatic rings. The van der Waals surface area contributed by atoms with Gasteiger partial charge in [0.05, 0.1) is 5.56 Å². The number of benzene rings is 1. The molecule has 0 aliphatic carbocycles. The summed E-state index contributed by atoms with van der Waals surface area (Å²) in [6, 6.07) is 5.28. The lowest BCUT2D eigenvalue weighted by Crippen LogP contribution is -2.34. The highest BCUT2D eigenvalue weighted by molar-refractivity contribution is 5.98. The molecule has 0 bridgehead atoms. The highest BCUT2D eigenvalue weighted by Gasteiger charge is 2.34. The maximum atomic E-state index is 12.5. The summed E-state index contributed by atoms with van der Waals surface area (Å²) < 4.78 is 10.7. The molecule has 8 nitrogen and oxygen atoms in total. The van der Waals surface area contributed by atoms with Crippen LogP contribution in [0.3, 0.4) is 0 Å². The van der Waals surface area contributed by atoms with E-state index in [0.29, 0.717) is 34.2 Å². The summed E-state index contributed by atoms with van der Waals surface area (Å²) in [7, 11) is 0. The molecule has 1 aromatic heterocycles. The summed E-state index contributed by atoms with van der Waals surface area (Å²) in [5.74, 6) is 0.670. The van der Waals surface area contributed by atoms with Gasteiger partial charge in [-0.2, -0.15) is 0 Å². The van der Waals surface area contributed by atoms with Crippen LogP contribution in [-0.2, 0) is 4.79 Å². The minimum atomic E-state index is -0.621. The first kappa shape index (κ1) is 15.3. The van der Waals surface area contributed by atoms with E-state index in [-0.39, 0.29) is 18.1 Å². The van der Waals surface area contributed by atoms with E-state index in [2.05, 4.69) is 15.3 Å². The number of ether oxygens (including phenoxy) is 2. The Kier molecular flexibility index (Phi) is 3.28. The number of aromatic amines is 2. The lowest BCUT2D eigenvalue weighted by atomic mass is 9.80. The van der Waals surface area contributed by atoms with Gasteiger partial charge < -0.3 is 14.8 Å². The third kappa shape index (κ3) is 2.34. The third-order valence-electron chi connectivity index (χ3n) is 4.38. The fourth-order valence-electron chi connectivity index (χ4n) is 3.38. The summed E-state index contributed by atoms with van der Waals surface area (Å²) >= 11 is 0. The van der Waals surface area contributed by atoms with Crippen LogP contribution in [0.5, 0.6) is 11.5 Å². The van der Waals surface area contributed by atoms with E-state index >= 15 is 0 Å². The van der Waals surface area contributed by atoms with E-state index in [1.165, 1.54) is 6.92 Å². The predicted octanol–water partition coefficient (Wildman–Crippen LogP) is 1.21. The van der Waals surface area contributed by atoms with E-state index in [1.807, 2.05) is 0 Å². The number of H-pyrrole nitrogens is 2. The topological polar surface area (TPSA) is 113 Å². The Morgan fingerprint density at radius 1 is 1.16 bits per heavy atom. The smallest absolute Gasteiger partial charge is 0.327 e. The lowest BCUT2D eigenvalue weighted by Gasteiger charge is -2.28. The first-order chi connectivity index (χ1) is 12.0. The average molecular weight is 341 g/mol. The summed E-state index contributed by atoms with van der Waals surface area (Å²) in [5, 5.41) is 2.95. The van der Waals surface area contributed by atoms with Crippen molar-refractivity contribution in [1.29, 1.82) is 0 Å². The van der Waals surface area contributed by atoms with Gasteiger partial charge in [-0.3, -0.25) is 19.6 Å². The van der Waals surface area contributed by atoms with Crippen LogP contribution >= 0.6 is 0 Å². The van der Waals surface area contributed by atoms with Crippen molar-refractivity contribution in [3.05, 3.63) is 61.4 Å². The molecule has 8 heteroatoms. The van der Waals surface area contributed by atoms with E-state index in [4.69, 9.17) is 9.47 Å². The van der Waals surface area contributed by atoms with E-state index in [1.54, 1.807) is 25.1 Å². The molecular formula is C17H15N3O5. The van der Waals surface area contributed by atoms with Gasteiger partial charge in [0.25, 0.3) is 5.56 Å². The molecule has 0 fully saturated rings. The number of allylic oxidation sites excluding steroid dienone is 2. The van der Waals surface area contributed by atoms with Crippen molar-refractivity contribution in [2.45, 2.75) is 19.8 Å². The van der Waals surface area contributed by atoms with E-state index in [9.17, 15) is 14.4 Å². The van der Waals surface area contributed by atoms with Crippen LogP contribution in [0.15, 0.2) is 39.1 Å². The molecule has 0 amide bonds. The zero-order chi connectivity index (χ0) is 17.7. The fourth-order valence-corrected chi connectivity index (χ4v) is 3.38. The van der Waals surface area contributed by atoms with Crippen molar-refractivity contribution < 1.29 is 14.3 Å². The average Bonchev–Trinajstić information content (AvgIpc) is 3.00. The van der Waals surface area contributed by atoms with Crippen molar-refractivity contribution in [2.75, 3.05) is 12.1 Å². The molecule has 2 aliphatic heterocycles. The minimum Gasteiger partial charge on any atom is -0.454 e. The standard InChI is InChI=1S/C17H15N3O5/c1-7-12(8(2)21)13(9-3-4-10-11(5-9)25-6-24-10)14-15(18-7)19-17(23)20-16(14)22/h3-5,13H,6H2,1-2H3,(H3,18,19,20,22,23). The van der Waals surface area contributed by atoms with Crippen LogP contribution in [-0.4, -0.2) is 22.5 Å². The van der Waals surface area contributed by atoms with E-state index < -0.39 is 17.2 Å². The quantitative estimate of drug-likeness (QED) is 0.757.